The number of benzene rings is 1. The van der Waals surface area contributed by atoms with Crippen LogP contribution in [0.2, 0.25) is 0 Å². The van der Waals surface area contributed by atoms with E-state index in [1.807, 2.05) is 13.8 Å². The van der Waals surface area contributed by atoms with Crippen molar-refractivity contribution in [3.05, 3.63) is 47.4 Å². The van der Waals surface area contributed by atoms with E-state index in [-0.39, 0.29) is 12.5 Å². The monoisotopic (exact) mass is 356 g/mol. The molecule has 0 aliphatic carbocycles. The van der Waals surface area contributed by atoms with Crippen LogP contribution in [0.15, 0.2) is 33.7 Å². The number of sulfonamides is 1. The summed E-state index contributed by atoms with van der Waals surface area (Å²) in [6.45, 7) is 4.11. The van der Waals surface area contributed by atoms with E-state index in [9.17, 15) is 17.2 Å². The number of hydrogen-bond acceptors (Lipinski definition) is 4. The smallest absolute Gasteiger partial charge is 0.246 e. The van der Waals surface area contributed by atoms with E-state index in [0.717, 1.165) is 12.1 Å². The lowest BCUT2D eigenvalue weighted by molar-refractivity contribution is 0.337. The van der Waals surface area contributed by atoms with E-state index in [1.54, 1.807) is 6.07 Å². The van der Waals surface area contributed by atoms with Gasteiger partial charge in [-0.1, -0.05) is 19.0 Å². The minimum Gasteiger partial charge on any atom is -0.361 e. The average Bonchev–Trinajstić information content (AvgIpc) is 3.17. The lowest BCUT2D eigenvalue weighted by Crippen LogP contribution is -2.31. The first kappa shape index (κ1) is 17.0. The molecule has 0 saturated carbocycles. The van der Waals surface area contributed by atoms with Gasteiger partial charge in [0.15, 0.2) is 0 Å². The zero-order valence-corrected chi connectivity index (χ0v) is 14.2. The maximum atomic E-state index is 14.0. The Morgan fingerprint density at radius 1 is 1.29 bits per heavy atom. The molecule has 0 N–H and O–H groups in total. The molecule has 1 aliphatic rings. The van der Waals surface area contributed by atoms with Crippen LogP contribution < -0.4 is 0 Å². The van der Waals surface area contributed by atoms with Crippen molar-refractivity contribution in [2.24, 2.45) is 0 Å². The van der Waals surface area contributed by atoms with Crippen LogP contribution in [0.3, 0.4) is 0 Å². The lowest BCUT2D eigenvalue weighted by Gasteiger charge is -2.22. The van der Waals surface area contributed by atoms with Crippen molar-refractivity contribution in [1.29, 1.82) is 0 Å². The molecular weight excluding hydrogens is 338 g/mol. The molecule has 1 saturated heterocycles. The van der Waals surface area contributed by atoms with Gasteiger partial charge in [-0.15, -0.1) is 0 Å². The molecule has 0 spiro atoms. The second kappa shape index (κ2) is 6.25. The van der Waals surface area contributed by atoms with Crippen LogP contribution in [0.1, 0.15) is 50.1 Å². The molecule has 3 rings (SSSR count). The molecule has 0 bridgehead atoms. The van der Waals surface area contributed by atoms with E-state index in [0.29, 0.717) is 30.4 Å². The molecule has 5 nitrogen and oxygen atoms in total. The Bertz CT molecular complexity index is 849. The normalized spacial score (nSPS) is 19.3. The summed E-state index contributed by atoms with van der Waals surface area (Å²) in [7, 11) is -4.16. The summed E-state index contributed by atoms with van der Waals surface area (Å²) in [6, 6.07) is 3.62. The highest BCUT2D eigenvalue weighted by Crippen LogP contribution is 2.37. The quantitative estimate of drug-likeness (QED) is 0.840. The van der Waals surface area contributed by atoms with Gasteiger partial charge in [0.25, 0.3) is 0 Å². The standard InChI is InChI=1S/C16H18F2N2O3S/c1-10(2)15-9-13(19-23-15)14-4-3-7-20(14)24(21,22)16-8-11(17)5-6-12(16)18/h5-6,8-10,14H,3-4,7H2,1-2H3/t14-/m0/s1. The molecule has 1 atom stereocenters. The second-order valence-electron chi connectivity index (χ2n) is 6.16. The van der Waals surface area contributed by atoms with Crippen LogP contribution in [0.4, 0.5) is 8.78 Å². The van der Waals surface area contributed by atoms with E-state index >= 15 is 0 Å². The zero-order valence-electron chi connectivity index (χ0n) is 13.4. The van der Waals surface area contributed by atoms with Crippen molar-refractivity contribution in [1.82, 2.24) is 9.46 Å². The van der Waals surface area contributed by atoms with Crippen molar-refractivity contribution in [2.45, 2.75) is 43.5 Å². The molecule has 2 heterocycles. The van der Waals surface area contributed by atoms with Crippen molar-refractivity contribution >= 4 is 10.0 Å². The lowest BCUT2D eigenvalue weighted by atomic mass is 10.1. The van der Waals surface area contributed by atoms with Gasteiger partial charge in [0.05, 0.1) is 6.04 Å². The Labute approximate surface area is 139 Å². The topological polar surface area (TPSA) is 63.4 Å². The number of hydrogen-bond donors (Lipinski definition) is 0. The zero-order chi connectivity index (χ0) is 17.5. The van der Waals surface area contributed by atoms with Crippen molar-refractivity contribution in [3.8, 4) is 0 Å². The summed E-state index contributed by atoms with van der Waals surface area (Å²) >= 11 is 0. The summed E-state index contributed by atoms with van der Waals surface area (Å²) in [6.07, 6.45) is 1.17. The molecule has 8 heteroatoms. The van der Waals surface area contributed by atoms with Gasteiger partial charge < -0.3 is 4.52 Å². The Hall–Kier alpha value is -1.80. The molecule has 1 aromatic heterocycles. The average molecular weight is 356 g/mol. The molecule has 0 amide bonds. The van der Waals surface area contributed by atoms with E-state index < -0.39 is 32.6 Å². The van der Waals surface area contributed by atoms with Gasteiger partial charge in [0, 0.05) is 18.5 Å². The van der Waals surface area contributed by atoms with Gasteiger partial charge >= 0.3 is 0 Å². The molecule has 0 unspecified atom stereocenters. The Kier molecular flexibility index (Phi) is 4.44. The molecule has 1 aromatic carbocycles. The molecule has 1 aliphatic heterocycles. The van der Waals surface area contributed by atoms with Crippen LogP contribution in [-0.2, 0) is 10.0 Å². The third-order valence-electron chi connectivity index (χ3n) is 4.14. The first-order valence-electron chi connectivity index (χ1n) is 7.74. The largest absolute Gasteiger partial charge is 0.361 e. The number of halogens is 2. The maximum Gasteiger partial charge on any atom is 0.246 e. The van der Waals surface area contributed by atoms with Crippen LogP contribution in [0.25, 0.3) is 0 Å². The maximum absolute atomic E-state index is 14.0. The minimum absolute atomic E-state index is 0.123. The van der Waals surface area contributed by atoms with E-state index in [1.165, 1.54) is 4.31 Å². The molecule has 2 aromatic rings. The summed E-state index contributed by atoms with van der Waals surface area (Å²) in [4.78, 5) is -0.651. The van der Waals surface area contributed by atoms with Gasteiger partial charge in [0.1, 0.15) is 28.0 Å². The van der Waals surface area contributed by atoms with Crippen LogP contribution in [0.5, 0.6) is 0 Å². The van der Waals surface area contributed by atoms with Gasteiger partial charge in [-0.2, -0.15) is 4.31 Å². The van der Waals surface area contributed by atoms with Crippen LogP contribution in [-0.4, -0.2) is 24.4 Å². The van der Waals surface area contributed by atoms with Gasteiger partial charge in [-0.3, -0.25) is 0 Å². The summed E-state index contributed by atoms with van der Waals surface area (Å²) in [5.74, 6) is -0.983. The fourth-order valence-corrected chi connectivity index (χ4v) is 4.60. The van der Waals surface area contributed by atoms with E-state index in [4.69, 9.17) is 4.52 Å². The van der Waals surface area contributed by atoms with Gasteiger partial charge in [-0.25, -0.2) is 17.2 Å². The van der Waals surface area contributed by atoms with Crippen molar-refractivity contribution in [3.63, 3.8) is 0 Å². The molecule has 1 fully saturated rings. The third-order valence-corrected chi connectivity index (χ3v) is 6.06. The van der Waals surface area contributed by atoms with Gasteiger partial charge in [-0.05, 0) is 31.0 Å². The Balaban J connectivity index is 1.98. The molecule has 0 radical (unpaired) electrons. The first-order valence-corrected chi connectivity index (χ1v) is 9.18. The summed E-state index contributed by atoms with van der Waals surface area (Å²) in [5, 5.41) is 3.97. The highest BCUT2D eigenvalue weighted by molar-refractivity contribution is 7.89. The fourth-order valence-electron chi connectivity index (χ4n) is 2.86. The molecular formula is C16H18F2N2O3S. The Morgan fingerprint density at radius 2 is 2.04 bits per heavy atom. The first-order chi connectivity index (χ1) is 11.3. The fraction of sp³-hybridized carbons (Fsp3) is 0.438. The second-order valence-corrected chi connectivity index (χ2v) is 8.02. The highest BCUT2D eigenvalue weighted by Gasteiger charge is 2.39. The number of nitrogens with zero attached hydrogens (tertiary/aromatic N) is 2. The number of rotatable bonds is 4. The van der Waals surface area contributed by atoms with Crippen molar-refractivity contribution in [2.75, 3.05) is 6.54 Å². The van der Waals surface area contributed by atoms with Crippen molar-refractivity contribution < 1.29 is 21.7 Å². The predicted molar refractivity (Wildman–Crippen MR) is 82.8 cm³/mol. The summed E-state index contributed by atoms with van der Waals surface area (Å²) < 4.78 is 59.4. The van der Waals surface area contributed by atoms with Crippen LogP contribution >= 0.6 is 0 Å². The molecule has 24 heavy (non-hydrogen) atoms. The molecule has 130 valence electrons. The SMILES string of the molecule is CC(C)c1cc([C@@H]2CCCN2S(=O)(=O)c2cc(F)ccc2F)no1. The predicted octanol–water partition coefficient (Wildman–Crippen LogP) is 3.60. The number of aromatic nitrogens is 1. The van der Waals surface area contributed by atoms with Crippen LogP contribution in [0, 0.1) is 11.6 Å². The summed E-state index contributed by atoms with van der Waals surface area (Å²) in [5.41, 5.74) is 0.497. The minimum atomic E-state index is -4.16. The Morgan fingerprint density at radius 3 is 2.71 bits per heavy atom. The van der Waals surface area contributed by atoms with Gasteiger partial charge in [0.2, 0.25) is 10.0 Å². The highest BCUT2D eigenvalue weighted by atomic mass is 32.2. The van der Waals surface area contributed by atoms with E-state index in [2.05, 4.69) is 5.16 Å². The third kappa shape index (κ3) is 2.95.